The van der Waals surface area contributed by atoms with Crippen LogP contribution in [0.4, 0.5) is 0 Å². The Labute approximate surface area is 327 Å². The summed E-state index contributed by atoms with van der Waals surface area (Å²) < 4.78 is 15.0. The molecule has 282 valence electrons. The van der Waals surface area contributed by atoms with Crippen molar-refractivity contribution in [1.29, 1.82) is 0 Å². The van der Waals surface area contributed by atoms with Crippen molar-refractivity contribution in [2.24, 2.45) is 10.8 Å². The minimum absolute atomic E-state index is 0.0198. The molecular weight excluding hydrogens is 709 g/mol. The predicted molar refractivity (Wildman–Crippen MR) is 229 cm³/mol. The van der Waals surface area contributed by atoms with E-state index in [0.717, 1.165) is 42.4 Å². The Morgan fingerprint density at radius 2 is 0.889 bits per heavy atom. The molecule has 0 unspecified atom stereocenters. The van der Waals surface area contributed by atoms with Crippen LogP contribution in [-0.2, 0) is 0 Å². The van der Waals surface area contributed by atoms with Gasteiger partial charge in [-0.05, 0) is 136 Å². The molecule has 0 radical (unpaired) electrons. The lowest BCUT2D eigenvalue weighted by Crippen LogP contribution is -2.49. The fourth-order valence-corrected chi connectivity index (χ4v) is 10.1. The molecule has 0 spiro atoms. The van der Waals surface area contributed by atoms with Gasteiger partial charge in [0.25, 0.3) is 0 Å². The molecule has 0 atom stereocenters. The lowest BCUT2D eigenvalue weighted by molar-refractivity contribution is -0.0937. The van der Waals surface area contributed by atoms with Gasteiger partial charge in [0.1, 0.15) is 22.7 Å². The van der Waals surface area contributed by atoms with Crippen molar-refractivity contribution < 1.29 is 14.6 Å². The van der Waals surface area contributed by atoms with Crippen LogP contribution in [0.3, 0.4) is 0 Å². The maximum absolute atomic E-state index is 13.1. The summed E-state index contributed by atoms with van der Waals surface area (Å²) in [6.45, 7) is 20.6. The Bertz CT molecular complexity index is 2240. The molecule has 6 aromatic rings. The second-order valence-corrected chi connectivity index (χ2v) is 19.5. The van der Waals surface area contributed by atoms with Crippen molar-refractivity contribution in [3.63, 3.8) is 0 Å². The van der Waals surface area contributed by atoms with Gasteiger partial charge in [-0.1, -0.05) is 110 Å². The molecule has 0 bridgehead atoms. The fraction of sp³-hybridized carbons (Fsp3) is 0.362. The molecule has 2 aromatic heterocycles. The highest BCUT2D eigenvalue weighted by atomic mass is 32.1. The smallest absolute Gasteiger partial charge is 0.240 e. The van der Waals surface area contributed by atoms with Gasteiger partial charge in [0, 0.05) is 20.5 Å². The van der Waals surface area contributed by atoms with Crippen LogP contribution < -0.4 is 19.0 Å². The molecule has 4 aromatic carbocycles. The Kier molecular flexibility index (Phi) is 10.8. The Balaban J connectivity index is 1.12. The first-order valence-corrected chi connectivity index (χ1v) is 20.2. The van der Waals surface area contributed by atoms with E-state index < -0.39 is 28.1 Å². The summed E-state index contributed by atoms with van der Waals surface area (Å²) in [5.74, 6) is 1.38. The van der Waals surface area contributed by atoms with Crippen LogP contribution >= 0.6 is 22.7 Å². The predicted octanol–water partition coefficient (Wildman–Crippen LogP) is 12.0. The van der Waals surface area contributed by atoms with Crippen molar-refractivity contribution in [3.05, 3.63) is 127 Å². The van der Waals surface area contributed by atoms with Crippen LogP contribution in [0.2, 0.25) is 0 Å². The molecule has 2 heterocycles. The molecular formula is C47H52O5S2. The average molecular weight is 761 g/mol. The van der Waals surface area contributed by atoms with Crippen molar-refractivity contribution in [3.8, 4) is 33.8 Å². The molecule has 54 heavy (non-hydrogen) atoms. The van der Waals surface area contributed by atoms with Crippen LogP contribution in [0.1, 0.15) is 79.4 Å². The molecule has 0 aliphatic heterocycles. The number of fused-ring (bicyclic) bond motifs is 2. The van der Waals surface area contributed by atoms with Gasteiger partial charge >= 0.3 is 0 Å². The summed E-state index contributed by atoms with van der Waals surface area (Å²) in [5.41, 5.74) is 3.31. The topological polar surface area (TPSA) is 72.8 Å². The van der Waals surface area contributed by atoms with Gasteiger partial charge in [-0.25, -0.2) is 0 Å². The number of aliphatic hydroxyl groups excluding tert-OH is 1. The number of ether oxygens (including phenoxy) is 2. The van der Waals surface area contributed by atoms with E-state index in [9.17, 15) is 14.7 Å². The number of rotatable bonds is 12. The van der Waals surface area contributed by atoms with Gasteiger partial charge in [0.2, 0.25) is 9.48 Å². The average Bonchev–Trinajstić information content (AvgIpc) is 3.07. The molecule has 6 rings (SSSR count). The highest BCUT2D eigenvalue weighted by molar-refractivity contribution is 7.16. The van der Waals surface area contributed by atoms with Crippen LogP contribution in [0.25, 0.3) is 42.4 Å². The largest absolute Gasteiger partial charge is 0.488 e. The zero-order valence-electron chi connectivity index (χ0n) is 33.1. The van der Waals surface area contributed by atoms with Crippen molar-refractivity contribution in [2.45, 2.75) is 99.4 Å². The van der Waals surface area contributed by atoms with Crippen molar-refractivity contribution >= 4 is 42.8 Å². The lowest BCUT2D eigenvalue weighted by Gasteiger charge is -2.46. The first kappa shape index (κ1) is 39.4. The lowest BCUT2D eigenvalue weighted by atomic mass is 9.65. The van der Waals surface area contributed by atoms with E-state index >= 15 is 0 Å². The number of aryl methyl sites for hydroxylation is 2. The van der Waals surface area contributed by atoms with Gasteiger partial charge < -0.3 is 14.6 Å². The second kappa shape index (κ2) is 14.7. The number of hydrogen-bond donors (Lipinski definition) is 1. The normalized spacial score (nSPS) is 12.8. The van der Waals surface area contributed by atoms with Gasteiger partial charge in [0.05, 0.1) is 6.10 Å². The Morgan fingerprint density at radius 3 is 1.24 bits per heavy atom. The van der Waals surface area contributed by atoms with Crippen LogP contribution in [-0.4, -0.2) is 22.4 Å². The molecule has 5 nitrogen and oxygen atoms in total. The monoisotopic (exact) mass is 760 g/mol. The molecule has 7 heteroatoms. The number of aliphatic hydroxyl groups is 1. The maximum Gasteiger partial charge on any atom is 0.240 e. The van der Waals surface area contributed by atoms with E-state index in [1.165, 1.54) is 22.7 Å². The number of hydrogen-bond acceptors (Lipinski definition) is 7. The molecule has 0 saturated heterocycles. The molecule has 1 N–H and O–H groups in total. The van der Waals surface area contributed by atoms with E-state index in [0.29, 0.717) is 35.5 Å². The minimum atomic E-state index is -0.681. The molecule has 0 amide bonds. The van der Waals surface area contributed by atoms with Gasteiger partial charge in [-0.3, -0.25) is 9.59 Å². The Morgan fingerprint density at radius 1 is 0.537 bits per heavy atom. The Hall–Kier alpha value is -4.30. The van der Waals surface area contributed by atoms with Gasteiger partial charge in [-0.2, -0.15) is 0 Å². The SMILES string of the molecule is Cc1ccc(-c2cc3ccc(OC(C)(C)CC(C)(C)C(O)C(C)(C)CC(C)(C)Oc4ccc5cc(-c6ccc(C)cc6)c(=O)sc5c4)cc3sc2=O)cc1. The van der Waals surface area contributed by atoms with Crippen molar-refractivity contribution in [2.75, 3.05) is 0 Å². The fourth-order valence-electron chi connectivity index (χ4n) is 8.33. The van der Waals surface area contributed by atoms with Gasteiger partial charge in [0.15, 0.2) is 0 Å². The highest BCUT2D eigenvalue weighted by Gasteiger charge is 2.45. The summed E-state index contributed by atoms with van der Waals surface area (Å²) in [6.07, 6.45) is 0.487. The summed E-state index contributed by atoms with van der Waals surface area (Å²) >= 11 is 2.47. The third-order valence-electron chi connectivity index (χ3n) is 10.2. The van der Waals surface area contributed by atoms with Crippen LogP contribution in [0, 0.1) is 24.7 Å². The number of benzene rings is 4. The molecule has 0 aliphatic rings. The first-order valence-electron chi connectivity index (χ1n) is 18.6. The van der Waals surface area contributed by atoms with E-state index in [2.05, 4.69) is 27.7 Å². The quantitative estimate of drug-likeness (QED) is 0.134. The summed E-state index contributed by atoms with van der Waals surface area (Å²) in [5, 5.41) is 14.0. The van der Waals surface area contributed by atoms with Gasteiger partial charge in [-0.15, -0.1) is 0 Å². The molecule has 0 aliphatic carbocycles. The highest BCUT2D eigenvalue weighted by Crippen LogP contribution is 2.45. The minimum Gasteiger partial charge on any atom is -0.488 e. The summed E-state index contributed by atoms with van der Waals surface area (Å²) in [7, 11) is 0. The zero-order chi connectivity index (χ0) is 39.2. The third-order valence-corrected chi connectivity index (χ3v) is 12.1. The van der Waals surface area contributed by atoms with E-state index in [1.807, 2.05) is 139 Å². The summed E-state index contributed by atoms with van der Waals surface area (Å²) in [4.78, 5) is 26.3. The van der Waals surface area contributed by atoms with E-state index in [4.69, 9.17) is 9.47 Å². The standard InChI is InChI=1S/C47H52O5S2/c1-29-11-15-31(16-12-29)37-23-33-19-21-35(25-39(33)53-41(37)48)51-46(7,8)27-44(3,4)43(50)45(5,6)28-47(9,10)52-36-22-20-34-24-38(42(49)54-40(34)26-36)32-17-13-30(2)14-18-32/h11-26,43,50H,27-28H2,1-10H3. The first-order chi connectivity index (χ1) is 25.2. The maximum atomic E-state index is 13.1. The van der Waals surface area contributed by atoms with Crippen LogP contribution in [0.15, 0.2) is 107 Å². The van der Waals surface area contributed by atoms with E-state index in [1.54, 1.807) is 0 Å². The summed E-state index contributed by atoms with van der Waals surface area (Å²) in [6, 6.07) is 31.8. The molecule has 0 fully saturated rings. The molecule has 0 saturated carbocycles. The second-order valence-electron chi connectivity index (χ2n) is 17.5. The zero-order valence-corrected chi connectivity index (χ0v) is 34.8. The van der Waals surface area contributed by atoms with Crippen molar-refractivity contribution in [1.82, 2.24) is 0 Å². The van der Waals surface area contributed by atoms with Crippen LogP contribution in [0.5, 0.6) is 11.5 Å². The third kappa shape index (κ3) is 8.97. The van der Waals surface area contributed by atoms with E-state index in [-0.39, 0.29) is 9.48 Å².